The summed E-state index contributed by atoms with van der Waals surface area (Å²) in [4.78, 5) is 8.64. The standard InChI is InChI=1S/C14H24N4O2/c1-3-19-9-13-16-12(18-15)8-14(17-13)20-11-7-5-4-6-10(11)2/h8,10-11H,3-7,9,15H2,1-2H3,(H,16,17,18). The molecule has 1 heterocycles. The molecule has 0 saturated heterocycles. The predicted molar refractivity (Wildman–Crippen MR) is 77.2 cm³/mol. The second-order valence-corrected chi connectivity index (χ2v) is 5.21. The average Bonchev–Trinajstić information content (AvgIpc) is 2.47. The minimum absolute atomic E-state index is 0.226. The molecule has 2 atom stereocenters. The van der Waals surface area contributed by atoms with Crippen molar-refractivity contribution in [2.45, 2.75) is 52.2 Å². The van der Waals surface area contributed by atoms with E-state index in [9.17, 15) is 0 Å². The number of anilines is 1. The lowest BCUT2D eigenvalue weighted by Gasteiger charge is -2.28. The molecule has 112 valence electrons. The Morgan fingerprint density at radius 2 is 2.15 bits per heavy atom. The first-order valence-electron chi connectivity index (χ1n) is 7.32. The van der Waals surface area contributed by atoms with Crippen molar-refractivity contribution in [1.29, 1.82) is 0 Å². The first-order chi connectivity index (χ1) is 9.72. The zero-order valence-electron chi connectivity index (χ0n) is 12.3. The molecule has 1 aliphatic carbocycles. The Morgan fingerprint density at radius 3 is 2.85 bits per heavy atom. The second kappa shape index (κ2) is 7.40. The van der Waals surface area contributed by atoms with Crippen molar-refractivity contribution in [1.82, 2.24) is 9.97 Å². The lowest BCUT2D eigenvalue weighted by molar-refractivity contribution is 0.0946. The Morgan fingerprint density at radius 1 is 1.35 bits per heavy atom. The van der Waals surface area contributed by atoms with E-state index in [1.807, 2.05) is 6.92 Å². The Kier molecular flexibility index (Phi) is 5.55. The highest BCUT2D eigenvalue weighted by atomic mass is 16.5. The third-order valence-corrected chi connectivity index (χ3v) is 3.64. The Hall–Kier alpha value is -1.40. The number of nitrogens with one attached hydrogen (secondary N) is 1. The predicted octanol–water partition coefficient (Wildman–Crippen LogP) is 2.26. The molecule has 20 heavy (non-hydrogen) atoms. The van der Waals surface area contributed by atoms with E-state index in [0.717, 1.165) is 6.42 Å². The van der Waals surface area contributed by atoms with Gasteiger partial charge in [-0.05, 0) is 32.1 Å². The molecule has 6 heteroatoms. The number of nitrogens with zero attached hydrogens (tertiary/aromatic N) is 2. The summed E-state index contributed by atoms with van der Waals surface area (Å²) in [5.74, 6) is 7.70. The number of ether oxygens (including phenoxy) is 2. The van der Waals surface area contributed by atoms with Crippen LogP contribution in [0.3, 0.4) is 0 Å². The minimum atomic E-state index is 0.226. The number of hydrogen-bond donors (Lipinski definition) is 2. The Balaban J connectivity index is 2.08. The number of hydrazine groups is 1. The zero-order valence-corrected chi connectivity index (χ0v) is 12.3. The topological polar surface area (TPSA) is 82.3 Å². The number of aromatic nitrogens is 2. The smallest absolute Gasteiger partial charge is 0.219 e. The zero-order chi connectivity index (χ0) is 14.4. The van der Waals surface area contributed by atoms with E-state index in [2.05, 4.69) is 22.3 Å². The highest BCUT2D eigenvalue weighted by molar-refractivity contribution is 5.37. The van der Waals surface area contributed by atoms with Crippen LogP contribution in [0.15, 0.2) is 6.07 Å². The summed E-state index contributed by atoms with van der Waals surface area (Å²) in [6.45, 7) is 5.16. The first kappa shape index (κ1) is 15.0. The number of rotatable bonds is 6. The molecule has 2 unspecified atom stereocenters. The molecule has 0 aromatic carbocycles. The van der Waals surface area contributed by atoms with Crippen molar-refractivity contribution < 1.29 is 9.47 Å². The van der Waals surface area contributed by atoms with Gasteiger partial charge in [-0.15, -0.1) is 0 Å². The van der Waals surface area contributed by atoms with E-state index in [1.54, 1.807) is 6.07 Å². The van der Waals surface area contributed by atoms with Crippen LogP contribution in [0.2, 0.25) is 0 Å². The molecule has 1 fully saturated rings. The van der Waals surface area contributed by atoms with Gasteiger partial charge in [0.15, 0.2) is 5.82 Å². The largest absolute Gasteiger partial charge is 0.474 e. The van der Waals surface area contributed by atoms with E-state index in [-0.39, 0.29) is 6.10 Å². The van der Waals surface area contributed by atoms with Crippen molar-refractivity contribution in [2.24, 2.45) is 11.8 Å². The van der Waals surface area contributed by atoms with Crippen LogP contribution in [0.1, 0.15) is 45.4 Å². The van der Waals surface area contributed by atoms with Gasteiger partial charge in [0.05, 0.1) is 0 Å². The van der Waals surface area contributed by atoms with Crippen LogP contribution in [0.25, 0.3) is 0 Å². The fraction of sp³-hybridized carbons (Fsp3) is 0.714. The van der Waals surface area contributed by atoms with Gasteiger partial charge in [-0.1, -0.05) is 13.3 Å². The fourth-order valence-corrected chi connectivity index (χ4v) is 2.48. The van der Waals surface area contributed by atoms with E-state index in [1.165, 1.54) is 19.3 Å². The molecule has 1 saturated carbocycles. The lowest BCUT2D eigenvalue weighted by atomic mass is 9.88. The van der Waals surface area contributed by atoms with Crippen molar-refractivity contribution in [3.8, 4) is 5.88 Å². The van der Waals surface area contributed by atoms with Gasteiger partial charge >= 0.3 is 0 Å². The van der Waals surface area contributed by atoms with Crippen LogP contribution in [0.5, 0.6) is 5.88 Å². The lowest BCUT2D eigenvalue weighted by Crippen LogP contribution is -2.28. The molecule has 0 spiro atoms. The first-order valence-corrected chi connectivity index (χ1v) is 7.32. The van der Waals surface area contributed by atoms with E-state index >= 15 is 0 Å². The van der Waals surface area contributed by atoms with Gasteiger partial charge in [-0.2, -0.15) is 4.98 Å². The summed E-state index contributed by atoms with van der Waals surface area (Å²) in [6, 6.07) is 1.73. The molecule has 1 aromatic rings. The fourth-order valence-electron chi connectivity index (χ4n) is 2.48. The van der Waals surface area contributed by atoms with E-state index < -0.39 is 0 Å². The van der Waals surface area contributed by atoms with Crippen molar-refractivity contribution in [2.75, 3.05) is 12.0 Å². The maximum Gasteiger partial charge on any atom is 0.219 e. The van der Waals surface area contributed by atoms with Gasteiger partial charge < -0.3 is 14.9 Å². The Bertz CT molecular complexity index is 428. The summed E-state index contributed by atoms with van der Waals surface area (Å²) < 4.78 is 11.4. The molecule has 1 aromatic heterocycles. The van der Waals surface area contributed by atoms with Crippen LogP contribution >= 0.6 is 0 Å². The van der Waals surface area contributed by atoms with Gasteiger partial charge in [-0.3, -0.25) is 0 Å². The highest BCUT2D eigenvalue weighted by Crippen LogP contribution is 2.28. The molecule has 0 bridgehead atoms. The quantitative estimate of drug-likeness (QED) is 0.614. The molecule has 1 aliphatic rings. The number of nitrogens with two attached hydrogens (primary N) is 1. The molecule has 3 N–H and O–H groups in total. The van der Waals surface area contributed by atoms with Crippen LogP contribution in [-0.2, 0) is 11.3 Å². The maximum absolute atomic E-state index is 6.03. The molecule has 0 amide bonds. The minimum Gasteiger partial charge on any atom is -0.474 e. The highest BCUT2D eigenvalue weighted by Gasteiger charge is 2.23. The van der Waals surface area contributed by atoms with Crippen LogP contribution < -0.4 is 16.0 Å². The maximum atomic E-state index is 6.03. The second-order valence-electron chi connectivity index (χ2n) is 5.21. The SMILES string of the molecule is CCOCc1nc(NN)cc(OC2CCCCC2C)n1. The summed E-state index contributed by atoms with van der Waals surface area (Å²) >= 11 is 0. The third-order valence-electron chi connectivity index (χ3n) is 3.64. The summed E-state index contributed by atoms with van der Waals surface area (Å²) in [5, 5.41) is 0. The van der Waals surface area contributed by atoms with Crippen LogP contribution in [0.4, 0.5) is 5.82 Å². The molecule has 0 aliphatic heterocycles. The molecule has 6 nitrogen and oxygen atoms in total. The van der Waals surface area contributed by atoms with E-state index in [0.29, 0.717) is 36.7 Å². The summed E-state index contributed by atoms with van der Waals surface area (Å²) in [7, 11) is 0. The molecule has 0 radical (unpaired) electrons. The summed E-state index contributed by atoms with van der Waals surface area (Å²) in [6.07, 6.45) is 5.02. The van der Waals surface area contributed by atoms with Crippen LogP contribution in [-0.4, -0.2) is 22.7 Å². The van der Waals surface area contributed by atoms with E-state index in [4.69, 9.17) is 15.3 Å². The summed E-state index contributed by atoms with van der Waals surface area (Å²) in [5.41, 5.74) is 2.55. The third kappa shape index (κ3) is 4.05. The molecular weight excluding hydrogens is 256 g/mol. The molecular formula is C14H24N4O2. The molecule has 2 rings (SSSR count). The van der Waals surface area contributed by atoms with Gasteiger partial charge in [-0.25, -0.2) is 10.8 Å². The number of nitrogen functional groups attached to an aromatic ring is 1. The van der Waals surface area contributed by atoms with Gasteiger partial charge in [0.1, 0.15) is 18.5 Å². The van der Waals surface area contributed by atoms with Crippen molar-refractivity contribution in [3.63, 3.8) is 0 Å². The van der Waals surface area contributed by atoms with Gasteiger partial charge in [0.25, 0.3) is 0 Å². The average molecular weight is 280 g/mol. The van der Waals surface area contributed by atoms with Crippen LogP contribution in [0, 0.1) is 5.92 Å². The van der Waals surface area contributed by atoms with Crippen molar-refractivity contribution in [3.05, 3.63) is 11.9 Å². The Labute approximate surface area is 120 Å². The monoisotopic (exact) mass is 280 g/mol. The number of hydrogen-bond acceptors (Lipinski definition) is 6. The normalized spacial score (nSPS) is 22.6. The van der Waals surface area contributed by atoms with Gasteiger partial charge in [0, 0.05) is 12.7 Å². The van der Waals surface area contributed by atoms with Gasteiger partial charge in [0.2, 0.25) is 5.88 Å². The van der Waals surface area contributed by atoms with Crippen molar-refractivity contribution >= 4 is 5.82 Å².